The molecule has 3 heteroatoms. The Labute approximate surface area is 152 Å². The second kappa shape index (κ2) is 9.71. The van der Waals surface area contributed by atoms with Gasteiger partial charge in [-0.15, -0.1) is 12.4 Å². The number of halogens is 1. The number of hydrogen-bond donors (Lipinski definition) is 1. The smallest absolute Gasteiger partial charge is 0.122 e. The molecule has 0 radical (unpaired) electrons. The van der Waals surface area contributed by atoms with Crippen molar-refractivity contribution in [1.82, 2.24) is 5.32 Å². The SMILES string of the molecule is CCCc1ccccc1OC[C@H]1CNCC[C@H]1c1ccccc1.Cl. The van der Waals surface area contributed by atoms with Crippen LogP contribution in [0.5, 0.6) is 5.75 Å². The maximum atomic E-state index is 6.24. The summed E-state index contributed by atoms with van der Waals surface area (Å²) in [4.78, 5) is 0. The number of nitrogens with one attached hydrogen (secondary N) is 1. The zero-order chi connectivity index (χ0) is 15.9. The first kappa shape index (κ1) is 18.8. The van der Waals surface area contributed by atoms with Gasteiger partial charge in [-0.25, -0.2) is 0 Å². The fraction of sp³-hybridized carbons (Fsp3) is 0.429. The zero-order valence-corrected chi connectivity index (χ0v) is 15.2. The predicted molar refractivity (Wildman–Crippen MR) is 103 cm³/mol. The summed E-state index contributed by atoms with van der Waals surface area (Å²) in [5, 5.41) is 3.53. The van der Waals surface area contributed by atoms with E-state index in [1.165, 1.54) is 17.5 Å². The summed E-state index contributed by atoms with van der Waals surface area (Å²) in [6.45, 7) is 5.14. The first-order valence-electron chi connectivity index (χ1n) is 8.85. The molecule has 0 amide bonds. The van der Waals surface area contributed by atoms with Crippen molar-refractivity contribution in [3.05, 3.63) is 65.7 Å². The minimum Gasteiger partial charge on any atom is -0.493 e. The minimum absolute atomic E-state index is 0. The lowest BCUT2D eigenvalue weighted by Crippen LogP contribution is -2.38. The molecule has 2 aromatic carbocycles. The summed E-state index contributed by atoms with van der Waals surface area (Å²) in [5.74, 6) is 2.18. The number of hydrogen-bond acceptors (Lipinski definition) is 2. The second-order valence-electron chi connectivity index (χ2n) is 6.44. The highest BCUT2D eigenvalue weighted by Gasteiger charge is 2.27. The Kier molecular flexibility index (Phi) is 7.61. The van der Waals surface area contributed by atoms with Crippen molar-refractivity contribution in [2.75, 3.05) is 19.7 Å². The third kappa shape index (κ3) is 4.75. The third-order valence-electron chi connectivity index (χ3n) is 4.78. The van der Waals surface area contributed by atoms with Gasteiger partial charge in [0, 0.05) is 12.5 Å². The molecule has 0 bridgehead atoms. The predicted octanol–water partition coefficient (Wildman–Crippen LogP) is 4.83. The molecule has 0 aliphatic carbocycles. The molecule has 1 N–H and O–H groups in total. The van der Waals surface area contributed by atoms with Crippen LogP contribution < -0.4 is 10.1 Å². The number of aryl methyl sites for hydroxylation is 1. The molecule has 0 unspecified atom stereocenters. The molecule has 0 aromatic heterocycles. The number of piperidine rings is 1. The van der Waals surface area contributed by atoms with Gasteiger partial charge in [0.1, 0.15) is 5.75 Å². The van der Waals surface area contributed by atoms with Gasteiger partial charge in [-0.05, 0) is 42.5 Å². The number of ether oxygens (including phenoxy) is 1. The molecule has 1 aliphatic rings. The maximum absolute atomic E-state index is 6.24. The van der Waals surface area contributed by atoms with E-state index in [1.807, 2.05) is 0 Å². The van der Waals surface area contributed by atoms with E-state index in [0.29, 0.717) is 11.8 Å². The van der Waals surface area contributed by atoms with Gasteiger partial charge >= 0.3 is 0 Å². The topological polar surface area (TPSA) is 21.3 Å². The van der Waals surface area contributed by atoms with E-state index < -0.39 is 0 Å². The largest absolute Gasteiger partial charge is 0.493 e. The fourth-order valence-corrected chi connectivity index (χ4v) is 3.55. The standard InChI is InChI=1S/C21H27NO.ClH/c1-2-8-18-11-6-7-12-21(18)23-16-19-15-22-14-13-20(19)17-9-4-3-5-10-17;/h3-7,9-12,19-20,22H,2,8,13-16H2,1H3;1H/t19-,20+;/m1./s1. The molecule has 0 spiro atoms. The Morgan fingerprint density at radius 1 is 1.04 bits per heavy atom. The summed E-state index contributed by atoms with van der Waals surface area (Å²) in [5.41, 5.74) is 2.78. The van der Waals surface area contributed by atoms with Gasteiger partial charge in [0.2, 0.25) is 0 Å². The van der Waals surface area contributed by atoms with Crippen LogP contribution in [0.15, 0.2) is 54.6 Å². The highest BCUT2D eigenvalue weighted by molar-refractivity contribution is 5.85. The van der Waals surface area contributed by atoms with E-state index in [4.69, 9.17) is 4.74 Å². The van der Waals surface area contributed by atoms with Gasteiger partial charge in [0.15, 0.2) is 0 Å². The van der Waals surface area contributed by atoms with Gasteiger partial charge in [0.25, 0.3) is 0 Å². The molecule has 1 heterocycles. The van der Waals surface area contributed by atoms with Gasteiger partial charge in [-0.3, -0.25) is 0 Å². The summed E-state index contributed by atoms with van der Waals surface area (Å²) in [7, 11) is 0. The fourth-order valence-electron chi connectivity index (χ4n) is 3.55. The molecule has 3 rings (SSSR count). The average molecular weight is 346 g/mol. The molecular formula is C21H28ClNO. The van der Waals surface area contributed by atoms with Crippen molar-refractivity contribution in [2.24, 2.45) is 5.92 Å². The van der Waals surface area contributed by atoms with Crippen LogP contribution in [0, 0.1) is 5.92 Å². The molecular weight excluding hydrogens is 318 g/mol. The van der Waals surface area contributed by atoms with Crippen LogP contribution in [0.25, 0.3) is 0 Å². The van der Waals surface area contributed by atoms with Crippen LogP contribution >= 0.6 is 12.4 Å². The van der Waals surface area contributed by atoms with E-state index in [1.54, 1.807) is 0 Å². The van der Waals surface area contributed by atoms with Crippen LogP contribution in [0.2, 0.25) is 0 Å². The number of benzene rings is 2. The number of para-hydroxylation sites is 1. The molecule has 1 saturated heterocycles. The van der Waals surface area contributed by atoms with Crippen molar-refractivity contribution in [3.63, 3.8) is 0 Å². The van der Waals surface area contributed by atoms with Crippen molar-refractivity contribution in [2.45, 2.75) is 32.1 Å². The Morgan fingerprint density at radius 2 is 1.79 bits per heavy atom. The minimum atomic E-state index is 0. The van der Waals surface area contributed by atoms with Crippen molar-refractivity contribution >= 4 is 12.4 Å². The lowest BCUT2D eigenvalue weighted by molar-refractivity contribution is 0.195. The van der Waals surface area contributed by atoms with Crippen LogP contribution in [-0.4, -0.2) is 19.7 Å². The second-order valence-corrected chi connectivity index (χ2v) is 6.44. The first-order chi connectivity index (χ1) is 11.4. The van der Waals surface area contributed by atoms with Gasteiger partial charge < -0.3 is 10.1 Å². The van der Waals surface area contributed by atoms with Crippen molar-refractivity contribution < 1.29 is 4.74 Å². The first-order valence-corrected chi connectivity index (χ1v) is 8.85. The lowest BCUT2D eigenvalue weighted by Gasteiger charge is -2.32. The zero-order valence-electron chi connectivity index (χ0n) is 14.4. The van der Waals surface area contributed by atoms with Crippen molar-refractivity contribution in [3.8, 4) is 5.75 Å². The van der Waals surface area contributed by atoms with Crippen LogP contribution in [0.1, 0.15) is 36.8 Å². The van der Waals surface area contributed by atoms with E-state index >= 15 is 0 Å². The lowest BCUT2D eigenvalue weighted by atomic mass is 9.81. The summed E-state index contributed by atoms with van der Waals surface area (Å²) < 4.78 is 6.24. The number of rotatable bonds is 6. The molecule has 130 valence electrons. The molecule has 0 saturated carbocycles. The van der Waals surface area contributed by atoms with Gasteiger partial charge in [0.05, 0.1) is 6.61 Å². The summed E-state index contributed by atoms with van der Waals surface area (Å²) in [6, 6.07) is 19.4. The molecule has 2 nitrogen and oxygen atoms in total. The maximum Gasteiger partial charge on any atom is 0.122 e. The van der Waals surface area contributed by atoms with E-state index in [0.717, 1.165) is 38.3 Å². The Morgan fingerprint density at radius 3 is 2.58 bits per heavy atom. The Balaban J connectivity index is 0.00000208. The third-order valence-corrected chi connectivity index (χ3v) is 4.78. The molecule has 2 aromatic rings. The highest BCUT2D eigenvalue weighted by atomic mass is 35.5. The monoisotopic (exact) mass is 345 g/mol. The van der Waals surface area contributed by atoms with Crippen LogP contribution in [0.4, 0.5) is 0 Å². The van der Waals surface area contributed by atoms with Crippen LogP contribution in [0.3, 0.4) is 0 Å². The van der Waals surface area contributed by atoms with E-state index in [9.17, 15) is 0 Å². The quantitative estimate of drug-likeness (QED) is 0.809. The van der Waals surface area contributed by atoms with E-state index in [-0.39, 0.29) is 12.4 Å². The molecule has 1 aliphatic heterocycles. The van der Waals surface area contributed by atoms with Crippen LogP contribution in [-0.2, 0) is 6.42 Å². The normalized spacial score (nSPS) is 20.2. The molecule has 24 heavy (non-hydrogen) atoms. The average Bonchev–Trinajstić information content (AvgIpc) is 2.62. The van der Waals surface area contributed by atoms with Crippen molar-refractivity contribution in [1.29, 1.82) is 0 Å². The summed E-state index contributed by atoms with van der Waals surface area (Å²) in [6.07, 6.45) is 3.42. The highest BCUT2D eigenvalue weighted by Crippen LogP contribution is 2.31. The van der Waals surface area contributed by atoms with Gasteiger partial charge in [-0.1, -0.05) is 61.9 Å². The van der Waals surface area contributed by atoms with Gasteiger partial charge in [-0.2, -0.15) is 0 Å². The molecule has 2 atom stereocenters. The molecule has 1 fully saturated rings. The van der Waals surface area contributed by atoms with E-state index in [2.05, 4.69) is 66.8 Å². The Bertz CT molecular complexity index is 602. The summed E-state index contributed by atoms with van der Waals surface area (Å²) >= 11 is 0. The Hall–Kier alpha value is -1.51.